The predicted octanol–water partition coefficient (Wildman–Crippen LogP) is 5.12. The van der Waals surface area contributed by atoms with Gasteiger partial charge in [0.2, 0.25) is 0 Å². The molecule has 1 aliphatic carbocycles. The van der Waals surface area contributed by atoms with Crippen LogP contribution in [0.15, 0.2) is 5.57 Å². The van der Waals surface area contributed by atoms with Gasteiger partial charge in [-0.3, -0.25) is 4.79 Å². The van der Waals surface area contributed by atoms with Gasteiger partial charge < -0.3 is 4.98 Å². The molecule has 5 heteroatoms. The zero-order chi connectivity index (χ0) is 17.4. The number of rotatable bonds is 3. The van der Waals surface area contributed by atoms with Gasteiger partial charge in [0, 0.05) is 16.1 Å². The fraction of sp³-hybridized carbons (Fsp3) is 0.421. The maximum absolute atomic E-state index is 11.9. The monoisotopic (exact) mass is 339 g/mol. The summed E-state index contributed by atoms with van der Waals surface area (Å²) in [7, 11) is 0. The van der Waals surface area contributed by atoms with E-state index in [0.29, 0.717) is 0 Å². The highest BCUT2D eigenvalue weighted by atomic mass is 32.1. The summed E-state index contributed by atoms with van der Waals surface area (Å²) >= 11 is 1.56. The van der Waals surface area contributed by atoms with Gasteiger partial charge in [0.25, 0.3) is 0 Å². The molecule has 0 bridgehead atoms. The summed E-state index contributed by atoms with van der Waals surface area (Å²) in [4.78, 5) is 21.0. The number of hydrogen-bond donors (Lipinski definition) is 1. The van der Waals surface area contributed by atoms with Crippen molar-refractivity contribution in [1.82, 2.24) is 9.97 Å². The van der Waals surface area contributed by atoms with Gasteiger partial charge in [0.15, 0.2) is 5.78 Å². The summed E-state index contributed by atoms with van der Waals surface area (Å²) in [5.74, 6) is 0.0615. The third-order valence-corrected chi connectivity index (χ3v) is 5.70. The van der Waals surface area contributed by atoms with Crippen LogP contribution >= 0.6 is 11.3 Å². The normalized spacial score (nSPS) is 14.0. The van der Waals surface area contributed by atoms with Crippen LogP contribution in [0.3, 0.4) is 0 Å². The lowest BCUT2D eigenvalue weighted by molar-refractivity contribution is 0.101. The summed E-state index contributed by atoms with van der Waals surface area (Å²) in [6.45, 7) is 7.48. The number of nitrogens with one attached hydrogen (secondary N) is 1. The van der Waals surface area contributed by atoms with Gasteiger partial charge in [-0.25, -0.2) is 4.98 Å². The number of aromatic amines is 1. The number of carbonyl (C=O) groups excluding carboxylic acids is 1. The van der Waals surface area contributed by atoms with Crippen LogP contribution in [0.4, 0.5) is 0 Å². The molecule has 124 valence electrons. The Bertz CT molecular complexity index is 885. The molecule has 0 spiro atoms. The molecule has 0 radical (unpaired) electrons. The summed E-state index contributed by atoms with van der Waals surface area (Å²) in [5, 5.41) is 10.4. The first-order valence-corrected chi connectivity index (χ1v) is 9.06. The van der Waals surface area contributed by atoms with Crippen molar-refractivity contribution in [2.24, 2.45) is 0 Å². The minimum atomic E-state index is 0.0615. The standard InChI is InChI=1S/C19H21N3OS/c1-10-16(12(3)23)11(2)21-17(10)18-13(4)24-19(22-18)15(9-20)14-7-5-6-8-14/h21H,5-8H2,1-4H3. The third kappa shape index (κ3) is 2.71. The molecule has 0 aliphatic heterocycles. The van der Waals surface area contributed by atoms with Gasteiger partial charge in [-0.1, -0.05) is 0 Å². The first-order valence-electron chi connectivity index (χ1n) is 8.24. The van der Waals surface area contributed by atoms with Crippen molar-refractivity contribution >= 4 is 22.7 Å². The zero-order valence-corrected chi connectivity index (χ0v) is 15.4. The van der Waals surface area contributed by atoms with Gasteiger partial charge in [-0.15, -0.1) is 11.3 Å². The summed E-state index contributed by atoms with van der Waals surface area (Å²) in [6, 6.07) is 2.36. The van der Waals surface area contributed by atoms with Gasteiger partial charge in [0.05, 0.1) is 11.3 Å². The zero-order valence-electron chi connectivity index (χ0n) is 14.5. The van der Waals surface area contributed by atoms with Crippen LogP contribution in [0.2, 0.25) is 0 Å². The molecule has 1 N–H and O–H groups in total. The molecule has 2 aromatic heterocycles. The number of aromatic nitrogens is 2. The second-order valence-corrected chi connectivity index (χ2v) is 7.61. The second-order valence-electron chi connectivity index (χ2n) is 6.40. The average molecular weight is 339 g/mol. The average Bonchev–Trinajstić information content (AvgIpc) is 3.21. The summed E-state index contributed by atoms with van der Waals surface area (Å²) in [5.41, 5.74) is 6.29. The molecule has 0 atom stereocenters. The molecule has 1 fully saturated rings. The van der Waals surface area contributed by atoms with E-state index in [2.05, 4.69) is 11.1 Å². The first kappa shape index (κ1) is 16.7. The van der Waals surface area contributed by atoms with E-state index in [1.165, 1.54) is 5.57 Å². The Hall–Kier alpha value is -2.19. The highest BCUT2D eigenvalue weighted by Crippen LogP contribution is 2.37. The van der Waals surface area contributed by atoms with Crippen LogP contribution in [-0.2, 0) is 0 Å². The number of carbonyl (C=O) groups is 1. The number of allylic oxidation sites excluding steroid dienone is 2. The van der Waals surface area contributed by atoms with E-state index in [4.69, 9.17) is 4.98 Å². The molecule has 2 aromatic rings. The fourth-order valence-corrected chi connectivity index (χ4v) is 4.54. The number of Topliss-reactive ketones (excluding diaryl/α,β-unsaturated/α-hetero) is 1. The molecule has 2 heterocycles. The van der Waals surface area contributed by atoms with Crippen LogP contribution < -0.4 is 0 Å². The van der Waals surface area contributed by atoms with Gasteiger partial charge in [-0.05, 0) is 64.5 Å². The van der Waals surface area contributed by atoms with E-state index in [-0.39, 0.29) is 5.78 Å². The van der Waals surface area contributed by atoms with E-state index in [1.807, 2.05) is 20.8 Å². The Morgan fingerprint density at radius 1 is 1.25 bits per heavy atom. The van der Waals surface area contributed by atoms with Gasteiger partial charge in [-0.2, -0.15) is 5.26 Å². The van der Waals surface area contributed by atoms with Crippen molar-refractivity contribution in [3.05, 3.63) is 32.3 Å². The van der Waals surface area contributed by atoms with Crippen molar-refractivity contribution < 1.29 is 4.79 Å². The smallest absolute Gasteiger partial charge is 0.161 e. The Kier molecular flexibility index (Phi) is 4.42. The highest BCUT2D eigenvalue weighted by Gasteiger charge is 2.22. The Labute approximate surface area is 146 Å². The fourth-order valence-electron chi connectivity index (χ4n) is 3.58. The van der Waals surface area contributed by atoms with Crippen LogP contribution in [0.25, 0.3) is 17.0 Å². The highest BCUT2D eigenvalue weighted by molar-refractivity contribution is 7.13. The largest absolute Gasteiger partial charge is 0.356 e. The second kappa shape index (κ2) is 6.37. The first-order chi connectivity index (χ1) is 11.4. The lowest BCUT2D eigenvalue weighted by Gasteiger charge is -2.00. The molecule has 0 saturated heterocycles. The summed E-state index contributed by atoms with van der Waals surface area (Å²) in [6.07, 6.45) is 4.33. The van der Waals surface area contributed by atoms with Gasteiger partial charge in [0.1, 0.15) is 16.8 Å². The van der Waals surface area contributed by atoms with Crippen LogP contribution in [-0.4, -0.2) is 15.8 Å². The number of nitriles is 1. The predicted molar refractivity (Wildman–Crippen MR) is 97.1 cm³/mol. The Balaban J connectivity index is 2.11. The van der Waals surface area contributed by atoms with Crippen molar-refractivity contribution in [3.63, 3.8) is 0 Å². The molecule has 4 nitrogen and oxygen atoms in total. The van der Waals surface area contributed by atoms with Crippen molar-refractivity contribution in [1.29, 1.82) is 5.26 Å². The maximum Gasteiger partial charge on any atom is 0.161 e. The lowest BCUT2D eigenvalue weighted by Crippen LogP contribution is -1.95. The Morgan fingerprint density at radius 2 is 1.92 bits per heavy atom. The van der Waals surface area contributed by atoms with Crippen molar-refractivity contribution in [3.8, 4) is 17.5 Å². The van der Waals surface area contributed by atoms with Gasteiger partial charge >= 0.3 is 0 Å². The van der Waals surface area contributed by atoms with E-state index in [0.717, 1.165) is 69.3 Å². The molecular weight excluding hydrogens is 318 g/mol. The quantitative estimate of drug-likeness (QED) is 0.623. The van der Waals surface area contributed by atoms with E-state index in [9.17, 15) is 10.1 Å². The maximum atomic E-state index is 11.9. The molecule has 1 saturated carbocycles. The van der Waals surface area contributed by atoms with Crippen molar-refractivity contribution in [2.75, 3.05) is 0 Å². The molecule has 0 aromatic carbocycles. The van der Waals surface area contributed by atoms with E-state index >= 15 is 0 Å². The topological polar surface area (TPSA) is 69.5 Å². The number of aryl methyl sites for hydroxylation is 2. The van der Waals surface area contributed by atoms with Crippen LogP contribution in [0.1, 0.15) is 64.1 Å². The minimum Gasteiger partial charge on any atom is -0.356 e. The molecule has 0 unspecified atom stereocenters. The molecule has 0 amide bonds. The van der Waals surface area contributed by atoms with Crippen LogP contribution in [0.5, 0.6) is 0 Å². The third-order valence-electron chi connectivity index (χ3n) is 4.71. The molecule has 3 rings (SSSR count). The number of hydrogen-bond acceptors (Lipinski definition) is 4. The molecule has 24 heavy (non-hydrogen) atoms. The number of nitrogens with zero attached hydrogens (tertiary/aromatic N) is 2. The molecular formula is C19H21N3OS. The van der Waals surface area contributed by atoms with Crippen LogP contribution in [0, 0.1) is 32.1 Å². The number of ketones is 1. The minimum absolute atomic E-state index is 0.0615. The lowest BCUT2D eigenvalue weighted by atomic mass is 10.1. The van der Waals surface area contributed by atoms with E-state index in [1.54, 1.807) is 18.3 Å². The number of thiazole rings is 1. The number of H-pyrrole nitrogens is 1. The SMILES string of the molecule is CC(=O)c1c(C)[nH]c(-c2nc(C(C#N)=C3CCCC3)sc2C)c1C. The molecule has 1 aliphatic rings. The van der Waals surface area contributed by atoms with E-state index < -0.39 is 0 Å². The Morgan fingerprint density at radius 3 is 2.46 bits per heavy atom. The van der Waals surface area contributed by atoms with Crippen molar-refractivity contribution in [2.45, 2.75) is 53.4 Å². The summed E-state index contributed by atoms with van der Waals surface area (Å²) < 4.78 is 0.